The number of unbranched alkanes of at least 4 members (excludes halogenated alkanes) is 1. The predicted molar refractivity (Wildman–Crippen MR) is 39.2 cm³/mol. The van der Waals surface area contributed by atoms with Gasteiger partial charge in [0.2, 0.25) is 0 Å². The molecule has 58 valence electrons. The van der Waals surface area contributed by atoms with Crippen LogP contribution in [-0.2, 0) is 44.4 Å². The Labute approximate surface area is 87.0 Å². The van der Waals surface area contributed by atoms with E-state index in [9.17, 15) is 0 Å². The van der Waals surface area contributed by atoms with Crippen molar-refractivity contribution in [3.8, 4) is 0 Å². The quantitative estimate of drug-likeness (QED) is 0.745. The maximum absolute atomic E-state index is 4.29. The molecule has 3 nitrogen and oxygen atoms in total. The van der Waals surface area contributed by atoms with E-state index >= 15 is 0 Å². The summed E-state index contributed by atoms with van der Waals surface area (Å²) in [7, 11) is 1.88. The van der Waals surface area contributed by atoms with Crippen molar-refractivity contribution >= 4 is 2.50 Å². The molecule has 4 heteroatoms. The third-order valence-electron chi connectivity index (χ3n) is 1.58. The van der Waals surface area contributed by atoms with E-state index in [1.807, 2.05) is 7.05 Å². The van der Waals surface area contributed by atoms with E-state index in [1.54, 1.807) is 4.80 Å². The molecule has 1 aromatic heterocycles. The fourth-order valence-corrected chi connectivity index (χ4v) is 1.89. The molecule has 0 aliphatic carbocycles. The molecule has 0 aromatic carbocycles. The molecule has 1 rings (SSSR count). The van der Waals surface area contributed by atoms with Gasteiger partial charge in [0.15, 0.2) is 0 Å². The van der Waals surface area contributed by atoms with Gasteiger partial charge in [-0.25, -0.2) is 0 Å². The van der Waals surface area contributed by atoms with Crippen molar-refractivity contribution in [3.63, 3.8) is 0 Å². The van der Waals surface area contributed by atoms with Crippen LogP contribution in [0.5, 0.6) is 0 Å². The number of hydrogen-bond acceptors (Lipinski definition) is 2. The molecule has 1 heterocycles. The van der Waals surface area contributed by atoms with Gasteiger partial charge < -0.3 is 0 Å². The van der Waals surface area contributed by atoms with Crippen molar-refractivity contribution in [3.05, 3.63) is 5.69 Å². The Bertz CT molecular complexity index is 232. The normalized spacial score (nSPS) is 10.3. The zero-order valence-electron chi connectivity index (χ0n) is 7.04. The van der Waals surface area contributed by atoms with Crippen molar-refractivity contribution < 1.29 is 31.0 Å². The Hall–Kier alpha value is 0.244. The van der Waals surface area contributed by atoms with Crippen molar-refractivity contribution in [2.45, 2.75) is 26.2 Å². The van der Waals surface area contributed by atoms with Crippen molar-refractivity contribution in [2.75, 3.05) is 0 Å². The SMILES string of the molecule is CCCCc1nn(C)n[c]1[Y]. The van der Waals surface area contributed by atoms with Crippen LogP contribution in [0.25, 0.3) is 0 Å². The average Bonchev–Trinajstić information content (AvgIpc) is 2.26. The van der Waals surface area contributed by atoms with Crippen LogP contribution in [0.15, 0.2) is 0 Å². The molecule has 0 fully saturated rings. The van der Waals surface area contributed by atoms with E-state index in [0.29, 0.717) is 0 Å². The summed E-state index contributed by atoms with van der Waals surface area (Å²) in [4.78, 5) is 1.67. The molecule has 0 aliphatic rings. The molecule has 0 atom stereocenters. The first-order valence-corrected chi connectivity index (χ1v) is 5.31. The van der Waals surface area contributed by atoms with E-state index in [1.165, 1.54) is 21.0 Å². The van der Waals surface area contributed by atoms with Gasteiger partial charge in [-0.2, -0.15) is 0 Å². The zero-order chi connectivity index (χ0) is 8.27. The fraction of sp³-hybridized carbons (Fsp3) is 0.714. The summed E-state index contributed by atoms with van der Waals surface area (Å²) in [6, 6.07) is 0. The summed E-state index contributed by atoms with van der Waals surface area (Å²) in [5.74, 6) is 0. The van der Waals surface area contributed by atoms with E-state index in [2.05, 4.69) is 17.1 Å². The number of nitrogens with zero attached hydrogens (tertiary/aromatic N) is 3. The maximum atomic E-state index is 4.29. The van der Waals surface area contributed by atoms with Crippen LogP contribution >= 0.6 is 0 Å². The second-order valence-electron chi connectivity index (χ2n) is 2.62. The molecule has 0 N–H and O–H groups in total. The molecule has 0 aliphatic heterocycles. The second-order valence-corrected chi connectivity index (χ2v) is 3.97. The van der Waals surface area contributed by atoms with Crippen LogP contribution in [-0.4, -0.2) is 15.0 Å². The standard InChI is InChI=1S/C7H12N3.Y/c1-3-4-5-7-6-8-10(2)9-7;/h3-5H2,1-2H3;. The van der Waals surface area contributed by atoms with Gasteiger partial charge in [0.25, 0.3) is 0 Å². The fourth-order valence-electron chi connectivity index (χ4n) is 0.984. The average molecular weight is 227 g/mol. The van der Waals surface area contributed by atoms with Crippen LogP contribution in [0.3, 0.4) is 0 Å². The summed E-state index contributed by atoms with van der Waals surface area (Å²) in [5, 5.41) is 8.51. The monoisotopic (exact) mass is 227 g/mol. The second kappa shape index (κ2) is 4.31. The Kier molecular flexibility index (Phi) is 3.66. The van der Waals surface area contributed by atoms with Crippen molar-refractivity contribution in [1.29, 1.82) is 0 Å². The Morgan fingerprint density at radius 2 is 2.18 bits per heavy atom. The minimum absolute atomic E-state index is 1.08. The molecular weight excluding hydrogens is 215 g/mol. The third-order valence-corrected chi connectivity index (χ3v) is 2.68. The van der Waals surface area contributed by atoms with Crippen molar-refractivity contribution in [1.82, 2.24) is 15.0 Å². The first kappa shape index (κ1) is 9.33. The molecule has 0 saturated heterocycles. The van der Waals surface area contributed by atoms with E-state index < -0.39 is 0 Å². The number of rotatable bonds is 3. The number of aryl methyl sites for hydroxylation is 2. The Balaban J connectivity index is 2.62. The van der Waals surface area contributed by atoms with E-state index in [0.717, 1.165) is 37.4 Å². The zero-order valence-corrected chi connectivity index (χ0v) is 9.88. The van der Waals surface area contributed by atoms with Gasteiger partial charge in [-0.15, -0.1) is 0 Å². The van der Waals surface area contributed by atoms with Crippen LogP contribution in [0.1, 0.15) is 25.5 Å². The Morgan fingerprint density at radius 3 is 2.64 bits per heavy atom. The molecule has 0 bridgehead atoms. The predicted octanol–water partition coefficient (Wildman–Crippen LogP) is 0.330. The van der Waals surface area contributed by atoms with Gasteiger partial charge in [0.1, 0.15) is 0 Å². The van der Waals surface area contributed by atoms with Crippen LogP contribution < -0.4 is 2.50 Å². The molecule has 11 heavy (non-hydrogen) atoms. The van der Waals surface area contributed by atoms with Gasteiger partial charge in [0.05, 0.1) is 0 Å². The molecule has 0 saturated carbocycles. The Morgan fingerprint density at radius 1 is 1.45 bits per heavy atom. The number of aromatic nitrogens is 3. The minimum atomic E-state index is 1.08. The first-order valence-electron chi connectivity index (χ1n) is 3.89. The topological polar surface area (TPSA) is 30.7 Å². The molecule has 0 radical (unpaired) electrons. The van der Waals surface area contributed by atoms with Gasteiger partial charge in [-0.3, -0.25) is 0 Å². The van der Waals surface area contributed by atoms with Gasteiger partial charge in [-0.1, -0.05) is 0 Å². The van der Waals surface area contributed by atoms with Crippen molar-refractivity contribution in [2.24, 2.45) is 7.05 Å². The summed E-state index contributed by atoms with van der Waals surface area (Å²) in [6.45, 7) is 2.20. The summed E-state index contributed by atoms with van der Waals surface area (Å²) >= 11 is 1.08. The first-order chi connectivity index (χ1) is 5.24. The van der Waals surface area contributed by atoms with Crippen LogP contribution in [0.4, 0.5) is 0 Å². The van der Waals surface area contributed by atoms with E-state index in [-0.39, 0.29) is 0 Å². The summed E-state index contributed by atoms with van der Waals surface area (Å²) in [5.41, 5.74) is 1.21. The van der Waals surface area contributed by atoms with Gasteiger partial charge in [-0.05, 0) is 0 Å². The van der Waals surface area contributed by atoms with Crippen LogP contribution in [0, 0.1) is 0 Å². The molecule has 0 amide bonds. The van der Waals surface area contributed by atoms with E-state index in [4.69, 9.17) is 0 Å². The molecular formula is C7H12N3Y. The summed E-state index contributed by atoms with van der Waals surface area (Å²) < 4.78 is 1.20. The van der Waals surface area contributed by atoms with Gasteiger partial charge >= 0.3 is 87.4 Å². The third kappa shape index (κ3) is 2.64. The number of hydrogen-bond donors (Lipinski definition) is 0. The molecule has 0 unspecified atom stereocenters. The van der Waals surface area contributed by atoms with Crippen LogP contribution in [0.2, 0.25) is 0 Å². The summed E-state index contributed by atoms with van der Waals surface area (Å²) in [6.07, 6.45) is 3.56. The van der Waals surface area contributed by atoms with Gasteiger partial charge in [0, 0.05) is 0 Å². The molecule has 0 spiro atoms. The molecule has 1 aromatic rings.